The van der Waals surface area contributed by atoms with Crippen LogP contribution in [0.25, 0.3) is 0 Å². The quantitative estimate of drug-likeness (QED) is 0.891. The van der Waals surface area contributed by atoms with Crippen LogP contribution >= 0.6 is 11.6 Å². The van der Waals surface area contributed by atoms with Crippen molar-refractivity contribution in [3.8, 4) is 5.75 Å². The molecular formula is C17H18ClNO2. The molecule has 0 aromatic heterocycles. The summed E-state index contributed by atoms with van der Waals surface area (Å²) in [4.78, 5) is 11.8. The maximum atomic E-state index is 11.8. The highest BCUT2D eigenvalue weighted by Gasteiger charge is 2.06. The molecule has 0 heterocycles. The van der Waals surface area contributed by atoms with Crippen LogP contribution in [0.3, 0.4) is 0 Å². The van der Waals surface area contributed by atoms with Gasteiger partial charge < -0.3 is 10.1 Å². The summed E-state index contributed by atoms with van der Waals surface area (Å²) in [6.45, 7) is 4.36. The number of ether oxygens (including phenoxy) is 1. The molecule has 0 saturated carbocycles. The van der Waals surface area contributed by atoms with Crippen LogP contribution in [0.1, 0.15) is 17.5 Å². The third-order valence-electron chi connectivity index (χ3n) is 3.07. The van der Waals surface area contributed by atoms with Crippen LogP contribution in [0.2, 0.25) is 5.02 Å². The van der Waals surface area contributed by atoms with Gasteiger partial charge >= 0.3 is 0 Å². The molecule has 2 rings (SSSR count). The molecule has 3 nitrogen and oxygen atoms in total. The largest absolute Gasteiger partial charge is 0.493 e. The van der Waals surface area contributed by atoms with Gasteiger partial charge in [-0.1, -0.05) is 41.4 Å². The zero-order valence-electron chi connectivity index (χ0n) is 12.2. The normalized spacial score (nSPS) is 10.2. The first-order chi connectivity index (χ1) is 10.1. The Morgan fingerprint density at radius 2 is 1.95 bits per heavy atom. The Balaban J connectivity index is 1.83. The third-order valence-corrected chi connectivity index (χ3v) is 3.39. The van der Waals surface area contributed by atoms with Gasteiger partial charge in [0.25, 0.3) is 0 Å². The average molecular weight is 304 g/mol. The topological polar surface area (TPSA) is 38.3 Å². The monoisotopic (exact) mass is 303 g/mol. The zero-order valence-corrected chi connectivity index (χ0v) is 12.9. The van der Waals surface area contributed by atoms with Gasteiger partial charge in [-0.2, -0.15) is 0 Å². The SMILES string of the molecule is Cc1ccc(OCCC(=O)Nc2ccccc2Cl)c(C)c1. The van der Waals surface area contributed by atoms with Crippen molar-refractivity contribution in [2.75, 3.05) is 11.9 Å². The molecule has 21 heavy (non-hydrogen) atoms. The molecule has 110 valence electrons. The number of benzene rings is 2. The van der Waals surface area contributed by atoms with E-state index in [2.05, 4.69) is 11.4 Å². The second-order valence-electron chi connectivity index (χ2n) is 4.90. The molecule has 0 radical (unpaired) electrons. The lowest BCUT2D eigenvalue weighted by molar-refractivity contribution is -0.116. The van der Waals surface area contributed by atoms with E-state index in [-0.39, 0.29) is 12.3 Å². The minimum absolute atomic E-state index is 0.118. The number of carbonyl (C=O) groups is 1. The van der Waals surface area contributed by atoms with E-state index in [1.807, 2.05) is 38.1 Å². The molecular weight excluding hydrogens is 286 g/mol. The first-order valence-corrected chi connectivity index (χ1v) is 7.18. The molecule has 1 N–H and O–H groups in total. The number of anilines is 1. The predicted octanol–water partition coefficient (Wildman–Crippen LogP) is 4.36. The molecule has 0 saturated heterocycles. The molecule has 0 fully saturated rings. The fraction of sp³-hybridized carbons (Fsp3) is 0.235. The third kappa shape index (κ3) is 4.50. The zero-order chi connectivity index (χ0) is 15.2. The fourth-order valence-electron chi connectivity index (χ4n) is 1.99. The van der Waals surface area contributed by atoms with Crippen molar-refractivity contribution in [2.45, 2.75) is 20.3 Å². The van der Waals surface area contributed by atoms with Gasteiger partial charge in [0.05, 0.1) is 23.7 Å². The van der Waals surface area contributed by atoms with Crippen LogP contribution < -0.4 is 10.1 Å². The number of hydrogen-bond acceptors (Lipinski definition) is 2. The number of amides is 1. The number of para-hydroxylation sites is 1. The molecule has 0 aliphatic rings. The Labute approximate surface area is 129 Å². The van der Waals surface area contributed by atoms with Gasteiger partial charge in [-0.3, -0.25) is 4.79 Å². The summed E-state index contributed by atoms with van der Waals surface area (Å²) in [5, 5.41) is 3.30. The van der Waals surface area contributed by atoms with Gasteiger partial charge in [0, 0.05) is 0 Å². The Bertz CT molecular complexity index is 640. The lowest BCUT2D eigenvalue weighted by Gasteiger charge is -2.10. The number of halogens is 1. The molecule has 0 atom stereocenters. The summed E-state index contributed by atoms with van der Waals surface area (Å²) in [7, 11) is 0. The van der Waals surface area contributed by atoms with Gasteiger partial charge in [-0.25, -0.2) is 0 Å². The predicted molar refractivity (Wildman–Crippen MR) is 86.1 cm³/mol. The number of nitrogens with one attached hydrogen (secondary N) is 1. The minimum Gasteiger partial charge on any atom is -0.493 e. The van der Waals surface area contributed by atoms with Crippen molar-refractivity contribution in [2.24, 2.45) is 0 Å². The summed E-state index contributed by atoms with van der Waals surface area (Å²) < 4.78 is 5.64. The molecule has 0 bridgehead atoms. The molecule has 0 aliphatic carbocycles. The maximum Gasteiger partial charge on any atom is 0.227 e. The molecule has 0 aliphatic heterocycles. The molecule has 2 aromatic carbocycles. The first-order valence-electron chi connectivity index (χ1n) is 6.80. The minimum atomic E-state index is -0.118. The molecule has 1 amide bonds. The van der Waals surface area contributed by atoms with E-state index in [0.717, 1.165) is 11.3 Å². The van der Waals surface area contributed by atoms with Gasteiger partial charge in [0.2, 0.25) is 5.91 Å². The standard InChI is InChI=1S/C17H18ClNO2/c1-12-7-8-16(13(2)11-12)21-10-9-17(20)19-15-6-4-3-5-14(15)18/h3-8,11H,9-10H2,1-2H3,(H,19,20). The van der Waals surface area contributed by atoms with Gasteiger partial charge in [0.1, 0.15) is 5.75 Å². The lowest BCUT2D eigenvalue weighted by atomic mass is 10.1. The average Bonchev–Trinajstić information content (AvgIpc) is 2.44. The highest BCUT2D eigenvalue weighted by atomic mass is 35.5. The van der Waals surface area contributed by atoms with Crippen LogP contribution in [0.15, 0.2) is 42.5 Å². The summed E-state index contributed by atoms with van der Waals surface area (Å²) in [6.07, 6.45) is 0.276. The Morgan fingerprint density at radius 3 is 2.67 bits per heavy atom. The van der Waals surface area contributed by atoms with Crippen molar-refractivity contribution in [1.82, 2.24) is 0 Å². The van der Waals surface area contributed by atoms with E-state index in [4.69, 9.17) is 16.3 Å². The number of carbonyl (C=O) groups excluding carboxylic acids is 1. The highest BCUT2D eigenvalue weighted by Crippen LogP contribution is 2.21. The smallest absolute Gasteiger partial charge is 0.227 e. The molecule has 2 aromatic rings. The van der Waals surface area contributed by atoms with E-state index in [1.54, 1.807) is 12.1 Å². The van der Waals surface area contributed by atoms with Crippen LogP contribution in [0.4, 0.5) is 5.69 Å². The summed E-state index contributed by atoms with van der Waals surface area (Å²) in [6, 6.07) is 13.1. The van der Waals surface area contributed by atoms with Crippen LogP contribution in [-0.2, 0) is 4.79 Å². The van der Waals surface area contributed by atoms with E-state index in [0.29, 0.717) is 17.3 Å². The first kappa shape index (κ1) is 15.4. The summed E-state index contributed by atoms with van der Waals surface area (Å²) in [5.74, 6) is 0.694. The maximum absolute atomic E-state index is 11.8. The van der Waals surface area contributed by atoms with Crippen molar-refractivity contribution in [3.05, 3.63) is 58.6 Å². The van der Waals surface area contributed by atoms with Crippen molar-refractivity contribution in [1.29, 1.82) is 0 Å². The Hall–Kier alpha value is -2.00. The number of hydrogen-bond donors (Lipinski definition) is 1. The van der Waals surface area contributed by atoms with Gasteiger partial charge in [-0.05, 0) is 37.6 Å². The summed E-state index contributed by atoms with van der Waals surface area (Å²) >= 11 is 5.99. The van der Waals surface area contributed by atoms with Crippen LogP contribution in [-0.4, -0.2) is 12.5 Å². The number of rotatable bonds is 5. The highest BCUT2D eigenvalue weighted by molar-refractivity contribution is 6.33. The van der Waals surface area contributed by atoms with E-state index in [1.165, 1.54) is 5.56 Å². The molecule has 0 unspecified atom stereocenters. The van der Waals surface area contributed by atoms with E-state index < -0.39 is 0 Å². The number of aryl methyl sites for hydroxylation is 2. The van der Waals surface area contributed by atoms with E-state index >= 15 is 0 Å². The van der Waals surface area contributed by atoms with Gasteiger partial charge in [-0.15, -0.1) is 0 Å². The van der Waals surface area contributed by atoms with Gasteiger partial charge in [0.15, 0.2) is 0 Å². The van der Waals surface area contributed by atoms with Crippen LogP contribution in [0.5, 0.6) is 5.75 Å². The molecule has 4 heteroatoms. The Morgan fingerprint density at radius 1 is 1.19 bits per heavy atom. The van der Waals surface area contributed by atoms with Crippen molar-refractivity contribution >= 4 is 23.2 Å². The Kier molecular flexibility index (Phi) is 5.23. The lowest BCUT2D eigenvalue weighted by Crippen LogP contribution is -2.15. The van der Waals surface area contributed by atoms with E-state index in [9.17, 15) is 4.79 Å². The summed E-state index contributed by atoms with van der Waals surface area (Å²) in [5.41, 5.74) is 2.88. The second-order valence-corrected chi connectivity index (χ2v) is 5.30. The van der Waals surface area contributed by atoms with Crippen molar-refractivity contribution < 1.29 is 9.53 Å². The fourth-order valence-corrected chi connectivity index (χ4v) is 2.17. The van der Waals surface area contributed by atoms with Crippen molar-refractivity contribution in [3.63, 3.8) is 0 Å². The van der Waals surface area contributed by atoms with Crippen LogP contribution in [0, 0.1) is 13.8 Å². The second kappa shape index (κ2) is 7.14. The molecule has 0 spiro atoms.